The first-order chi connectivity index (χ1) is 13.6. The van der Waals surface area contributed by atoms with Crippen LogP contribution in [0.2, 0.25) is 0 Å². The summed E-state index contributed by atoms with van der Waals surface area (Å²) in [6.07, 6.45) is 6.75. The first-order valence-electron chi connectivity index (χ1n) is 10.6. The molecule has 4 rings (SSSR count). The summed E-state index contributed by atoms with van der Waals surface area (Å²) in [5.41, 5.74) is 1.30. The third-order valence-electron chi connectivity index (χ3n) is 6.12. The number of hydrogen-bond acceptors (Lipinski definition) is 3. The fourth-order valence-electron chi connectivity index (χ4n) is 4.20. The largest absolute Gasteiger partial charge is 0.342 e. The van der Waals surface area contributed by atoms with E-state index in [9.17, 15) is 14.4 Å². The van der Waals surface area contributed by atoms with Gasteiger partial charge in [0.15, 0.2) is 0 Å². The summed E-state index contributed by atoms with van der Waals surface area (Å²) in [5, 5.41) is 2.98. The highest BCUT2D eigenvalue weighted by Crippen LogP contribution is 2.32. The van der Waals surface area contributed by atoms with Gasteiger partial charge < -0.3 is 15.1 Å². The van der Waals surface area contributed by atoms with Gasteiger partial charge >= 0.3 is 0 Å². The van der Waals surface area contributed by atoms with Gasteiger partial charge in [0.2, 0.25) is 11.8 Å². The van der Waals surface area contributed by atoms with Gasteiger partial charge in [0, 0.05) is 49.3 Å². The number of rotatable bonds is 4. The second-order valence-electron chi connectivity index (χ2n) is 8.30. The summed E-state index contributed by atoms with van der Waals surface area (Å²) in [5.74, 6) is 0.460. The van der Waals surface area contributed by atoms with Crippen molar-refractivity contribution in [2.75, 3.05) is 31.5 Å². The van der Waals surface area contributed by atoms with Gasteiger partial charge in [0.1, 0.15) is 0 Å². The Bertz CT molecular complexity index is 745. The third-order valence-corrected chi connectivity index (χ3v) is 6.12. The molecular formula is C22H29N3O3. The van der Waals surface area contributed by atoms with E-state index in [0.717, 1.165) is 38.8 Å². The molecule has 3 amide bonds. The maximum Gasteiger partial charge on any atom is 0.253 e. The van der Waals surface area contributed by atoms with Crippen molar-refractivity contribution in [3.63, 3.8) is 0 Å². The molecule has 1 aromatic rings. The molecule has 6 heteroatoms. The van der Waals surface area contributed by atoms with Crippen molar-refractivity contribution < 1.29 is 14.4 Å². The molecule has 6 nitrogen and oxygen atoms in total. The van der Waals surface area contributed by atoms with Crippen molar-refractivity contribution in [3.05, 3.63) is 29.8 Å². The summed E-state index contributed by atoms with van der Waals surface area (Å²) in [6, 6.07) is 7.25. The lowest BCUT2D eigenvalue weighted by atomic mass is 9.95. The zero-order valence-corrected chi connectivity index (χ0v) is 16.4. The predicted octanol–water partition coefficient (Wildman–Crippen LogP) is 2.90. The minimum atomic E-state index is -0.0790. The van der Waals surface area contributed by atoms with Crippen molar-refractivity contribution in [1.29, 1.82) is 0 Å². The average molecular weight is 383 g/mol. The summed E-state index contributed by atoms with van der Waals surface area (Å²) in [6.45, 7) is 2.96. The fraction of sp³-hybridized carbons (Fsp3) is 0.591. The molecule has 1 aliphatic carbocycles. The van der Waals surface area contributed by atoms with E-state index in [2.05, 4.69) is 5.32 Å². The van der Waals surface area contributed by atoms with E-state index in [-0.39, 0.29) is 29.6 Å². The number of benzene rings is 1. The number of nitrogens with one attached hydrogen (secondary N) is 1. The second-order valence-corrected chi connectivity index (χ2v) is 8.30. The number of anilines is 1. The standard InChI is InChI=1S/C22H29N3O3/c26-20(16-9-13-25(14-10-16)21(27)17-7-8-17)23-19-6-4-5-18(15-19)22(28)24-11-2-1-3-12-24/h4-6,15-17H,1-3,7-14H2,(H,23,26). The Hall–Kier alpha value is -2.37. The number of carbonyl (C=O) groups excluding carboxylic acids is 3. The number of amides is 3. The number of likely N-dealkylation sites (tertiary alicyclic amines) is 2. The van der Waals surface area contributed by atoms with Crippen LogP contribution in [0.15, 0.2) is 24.3 Å². The molecule has 28 heavy (non-hydrogen) atoms. The number of hydrogen-bond donors (Lipinski definition) is 1. The van der Waals surface area contributed by atoms with Crippen LogP contribution in [0.3, 0.4) is 0 Å². The van der Waals surface area contributed by atoms with Crippen molar-refractivity contribution >= 4 is 23.4 Å². The maximum absolute atomic E-state index is 12.7. The molecule has 2 heterocycles. The molecule has 0 spiro atoms. The van der Waals surface area contributed by atoms with Crippen LogP contribution in [0.1, 0.15) is 55.3 Å². The number of piperidine rings is 2. The summed E-state index contributed by atoms with van der Waals surface area (Å²) < 4.78 is 0. The summed E-state index contributed by atoms with van der Waals surface area (Å²) in [7, 11) is 0. The Labute approximate surface area is 166 Å². The van der Waals surface area contributed by atoms with Crippen molar-refractivity contribution in [2.24, 2.45) is 11.8 Å². The quantitative estimate of drug-likeness (QED) is 0.869. The molecule has 150 valence electrons. The van der Waals surface area contributed by atoms with Crippen molar-refractivity contribution in [3.8, 4) is 0 Å². The van der Waals surface area contributed by atoms with Gasteiger partial charge in [0.05, 0.1) is 0 Å². The number of nitrogens with zero attached hydrogens (tertiary/aromatic N) is 2. The minimum absolute atomic E-state index is 0.0129. The third kappa shape index (κ3) is 4.37. The molecule has 1 aromatic carbocycles. The van der Waals surface area contributed by atoms with Gasteiger partial charge in [-0.1, -0.05) is 6.07 Å². The molecule has 0 aromatic heterocycles. The van der Waals surface area contributed by atoms with E-state index in [1.54, 1.807) is 6.07 Å². The van der Waals surface area contributed by atoms with Gasteiger partial charge in [-0.05, 0) is 63.1 Å². The molecule has 0 atom stereocenters. The zero-order chi connectivity index (χ0) is 19.5. The van der Waals surface area contributed by atoms with Crippen LogP contribution in [0, 0.1) is 11.8 Å². The van der Waals surface area contributed by atoms with E-state index >= 15 is 0 Å². The van der Waals surface area contributed by atoms with Crippen molar-refractivity contribution in [1.82, 2.24) is 9.80 Å². The molecule has 3 aliphatic rings. The predicted molar refractivity (Wildman–Crippen MR) is 107 cm³/mol. The highest BCUT2D eigenvalue weighted by molar-refractivity contribution is 5.97. The van der Waals surface area contributed by atoms with Gasteiger partial charge in [-0.15, -0.1) is 0 Å². The first kappa shape index (κ1) is 19.0. The monoisotopic (exact) mass is 383 g/mol. The van der Waals surface area contributed by atoms with Crippen LogP contribution in [0.25, 0.3) is 0 Å². The van der Waals surface area contributed by atoms with Crippen LogP contribution in [-0.2, 0) is 9.59 Å². The van der Waals surface area contributed by atoms with Crippen LogP contribution < -0.4 is 5.32 Å². The van der Waals surface area contributed by atoms with Crippen LogP contribution in [0.4, 0.5) is 5.69 Å². The summed E-state index contributed by atoms with van der Waals surface area (Å²) in [4.78, 5) is 41.3. The lowest BCUT2D eigenvalue weighted by molar-refractivity contribution is -0.135. The Kier molecular flexibility index (Phi) is 5.64. The molecule has 1 N–H and O–H groups in total. The molecule has 2 aliphatic heterocycles. The Morgan fingerprint density at radius 1 is 0.821 bits per heavy atom. The number of carbonyl (C=O) groups is 3. The van der Waals surface area contributed by atoms with E-state index in [4.69, 9.17) is 0 Å². The smallest absolute Gasteiger partial charge is 0.253 e. The minimum Gasteiger partial charge on any atom is -0.342 e. The lowest BCUT2D eigenvalue weighted by Gasteiger charge is -2.31. The second kappa shape index (κ2) is 8.33. The molecule has 3 fully saturated rings. The molecule has 2 saturated heterocycles. The molecule has 0 unspecified atom stereocenters. The molecule has 0 radical (unpaired) electrons. The summed E-state index contributed by atoms with van der Waals surface area (Å²) >= 11 is 0. The van der Waals surface area contributed by atoms with Crippen LogP contribution in [0.5, 0.6) is 0 Å². The fourth-order valence-corrected chi connectivity index (χ4v) is 4.20. The van der Waals surface area contributed by atoms with E-state index in [0.29, 0.717) is 37.2 Å². The van der Waals surface area contributed by atoms with Gasteiger partial charge in [-0.2, -0.15) is 0 Å². The molecule has 1 saturated carbocycles. The first-order valence-corrected chi connectivity index (χ1v) is 10.6. The normalized spacial score (nSPS) is 20.7. The maximum atomic E-state index is 12.7. The van der Waals surface area contributed by atoms with E-state index in [1.165, 1.54) is 6.42 Å². The van der Waals surface area contributed by atoms with E-state index in [1.807, 2.05) is 28.0 Å². The van der Waals surface area contributed by atoms with Crippen molar-refractivity contribution in [2.45, 2.75) is 44.9 Å². The average Bonchev–Trinajstić information content (AvgIpc) is 3.59. The van der Waals surface area contributed by atoms with Crippen LogP contribution in [-0.4, -0.2) is 53.7 Å². The molecule has 0 bridgehead atoms. The Morgan fingerprint density at radius 2 is 1.54 bits per heavy atom. The Morgan fingerprint density at radius 3 is 2.21 bits per heavy atom. The SMILES string of the molecule is O=C(Nc1cccc(C(=O)N2CCCCC2)c1)C1CCN(C(=O)C2CC2)CC1. The topological polar surface area (TPSA) is 69.7 Å². The van der Waals surface area contributed by atoms with Gasteiger partial charge in [0.25, 0.3) is 5.91 Å². The van der Waals surface area contributed by atoms with E-state index < -0.39 is 0 Å². The Balaban J connectivity index is 1.32. The van der Waals surface area contributed by atoms with Crippen LogP contribution >= 0.6 is 0 Å². The lowest BCUT2D eigenvalue weighted by Crippen LogP contribution is -2.42. The molecular weight excluding hydrogens is 354 g/mol. The highest BCUT2D eigenvalue weighted by Gasteiger charge is 2.36. The zero-order valence-electron chi connectivity index (χ0n) is 16.4. The van der Waals surface area contributed by atoms with Gasteiger partial charge in [-0.3, -0.25) is 14.4 Å². The highest BCUT2D eigenvalue weighted by atomic mass is 16.2. The van der Waals surface area contributed by atoms with Gasteiger partial charge in [-0.25, -0.2) is 0 Å².